The monoisotopic (exact) mass is 442 g/mol. The van der Waals surface area contributed by atoms with E-state index in [1.807, 2.05) is 24.0 Å². The summed E-state index contributed by atoms with van der Waals surface area (Å²) in [6, 6.07) is 3.78. The summed E-state index contributed by atoms with van der Waals surface area (Å²) in [5.41, 5.74) is 0.890. The Morgan fingerprint density at radius 1 is 1.17 bits per heavy atom. The second kappa shape index (κ2) is 10.1. The molecule has 162 valence electrons. The Kier molecular flexibility index (Phi) is 8.32. The van der Waals surface area contributed by atoms with Gasteiger partial charge in [-0.05, 0) is 56.7 Å². The lowest BCUT2D eigenvalue weighted by molar-refractivity contribution is -0.147. The number of hydrogen-bond acceptors (Lipinski definition) is 4. The second-order valence-corrected chi connectivity index (χ2v) is 8.51. The predicted molar refractivity (Wildman–Crippen MR) is 119 cm³/mol. The first-order valence-electron chi connectivity index (χ1n) is 10.3. The van der Waals surface area contributed by atoms with Gasteiger partial charge in [0, 0.05) is 31.7 Å². The number of hydrogen-bond donors (Lipinski definition) is 2. The number of piperidine rings is 1. The molecule has 3 fully saturated rings. The number of fused-ring (bicyclic) bond motifs is 1. The van der Waals surface area contributed by atoms with Crippen molar-refractivity contribution in [1.29, 1.82) is 0 Å². The molecule has 1 saturated carbocycles. The minimum Gasteiger partial charge on any atom is -0.342 e. The molecule has 2 aliphatic heterocycles. The number of rotatable bonds is 3. The number of aromatic nitrogens is 1. The van der Waals surface area contributed by atoms with Crippen LogP contribution in [0.15, 0.2) is 18.3 Å². The Hall–Kier alpha value is -1.37. The normalized spacial score (nSPS) is 26.7. The first-order chi connectivity index (χ1) is 13.1. The molecule has 6 nitrogen and oxygen atoms in total. The van der Waals surface area contributed by atoms with E-state index in [0.29, 0.717) is 30.7 Å². The van der Waals surface area contributed by atoms with Gasteiger partial charge in [-0.2, -0.15) is 0 Å². The molecule has 3 heterocycles. The fourth-order valence-electron chi connectivity index (χ4n) is 5.10. The highest BCUT2D eigenvalue weighted by atomic mass is 35.5. The average Bonchev–Trinajstić information content (AvgIpc) is 3.14. The van der Waals surface area contributed by atoms with Crippen LogP contribution in [0.3, 0.4) is 0 Å². The first kappa shape index (κ1) is 23.9. The molecule has 0 unspecified atom stereocenters. The largest absolute Gasteiger partial charge is 0.342 e. The lowest BCUT2D eigenvalue weighted by Gasteiger charge is -2.42. The van der Waals surface area contributed by atoms with Gasteiger partial charge in [-0.15, -0.1) is 24.8 Å². The number of halogens is 2. The molecule has 2 saturated heterocycles. The molecule has 8 heteroatoms. The molecule has 0 bridgehead atoms. The molecule has 0 spiro atoms. The van der Waals surface area contributed by atoms with Crippen LogP contribution in [-0.4, -0.2) is 47.9 Å². The average molecular weight is 443 g/mol. The molecule has 2 amide bonds. The Morgan fingerprint density at radius 2 is 1.93 bits per heavy atom. The van der Waals surface area contributed by atoms with E-state index in [1.54, 1.807) is 6.20 Å². The number of nitrogens with one attached hydrogen (secondary N) is 2. The molecular weight excluding hydrogens is 411 g/mol. The molecule has 3 aliphatic rings. The van der Waals surface area contributed by atoms with Crippen molar-refractivity contribution in [2.45, 2.75) is 45.4 Å². The zero-order chi connectivity index (χ0) is 18.9. The predicted octanol–water partition coefficient (Wildman–Crippen LogP) is 3.19. The highest BCUT2D eigenvalue weighted by Crippen LogP contribution is 2.45. The van der Waals surface area contributed by atoms with Gasteiger partial charge in [-0.3, -0.25) is 9.59 Å². The van der Waals surface area contributed by atoms with E-state index in [4.69, 9.17) is 0 Å². The minimum absolute atomic E-state index is 0. The van der Waals surface area contributed by atoms with Crippen LogP contribution in [0, 0.1) is 24.2 Å². The van der Waals surface area contributed by atoms with Crippen LogP contribution < -0.4 is 10.6 Å². The third-order valence-electron chi connectivity index (χ3n) is 6.78. The quantitative estimate of drug-likeness (QED) is 0.753. The van der Waals surface area contributed by atoms with Crippen molar-refractivity contribution < 1.29 is 9.59 Å². The topological polar surface area (TPSA) is 74.3 Å². The van der Waals surface area contributed by atoms with Crippen LogP contribution >= 0.6 is 24.8 Å². The molecule has 1 aromatic rings. The molecule has 0 radical (unpaired) electrons. The highest BCUT2D eigenvalue weighted by molar-refractivity contribution is 5.92. The van der Waals surface area contributed by atoms with Gasteiger partial charge in [-0.25, -0.2) is 4.98 Å². The first-order valence-corrected chi connectivity index (χ1v) is 10.3. The smallest absolute Gasteiger partial charge is 0.230 e. The lowest BCUT2D eigenvalue weighted by atomic mass is 9.67. The van der Waals surface area contributed by atoms with Gasteiger partial charge in [0.05, 0.1) is 5.41 Å². The summed E-state index contributed by atoms with van der Waals surface area (Å²) < 4.78 is 0. The van der Waals surface area contributed by atoms with Crippen LogP contribution in [0.5, 0.6) is 0 Å². The van der Waals surface area contributed by atoms with E-state index in [1.165, 1.54) is 12.8 Å². The van der Waals surface area contributed by atoms with Gasteiger partial charge in [0.15, 0.2) is 0 Å². The van der Waals surface area contributed by atoms with E-state index >= 15 is 0 Å². The van der Waals surface area contributed by atoms with Crippen molar-refractivity contribution in [2.75, 3.05) is 31.5 Å². The number of amides is 2. The van der Waals surface area contributed by atoms with Crippen LogP contribution in [0.2, 0.25) is 0 Å². The maximum Gasteiger partial charge on any atom is 0.230 e. The molecule has 4 rings (SSSR count). The molecule has 1 aliphatic carbocycles. The fourth-order valence-corrected chi connectivity index (χ4v) is 5.10. The summed E-state index contributed by atoms with van der Waals surface area (Å²) in [5, 5.41) is 6.38. The fraction of sp³-hybridized carbons (Fsp3) is 0.667. The maximum absolute atomic E-state index is 13.3. The van der Waals surface area contributed by atoms with E-state index in [-0.39, 0.29) is 42.1 Å². The number of anilines is 1. The summed E-state index contributed by atoms with van der Waals surface area (Å²) in [4.78, 5) is 32.2. The standard InChI is InChI=1S/C21H30N4O2.2ClH/c1-15-5-6-18(23-12-15)24-19(26)16-7-10-25(11-8-16)20(27)21-9-3-2-4-17(21)13-22-14-21;;/h5-6,12,16-17,22H,2-4,7-11,13-14H2,1H3,(H,23,24,26);2*1H/t17-,21+;;/m0../s1. The summed E-state index contributed by atoms with van der Waals surface area (Å²) in [6.45, 7) is 5.16. The van der Waals surface area contributed by atoms with Crippen molar-refractivity contribution in [3.8, 4) is 0 Å². The van der Waals surface area contributed by atoms with E-state index in [2.05, 4.69) is 15.6 Å². The van der Waals surface area contributed by atoms with Crippen molar-refractivity contribution in [3.05, 3.63) is 23.9 Å². The molecule has 29 heavy (non-hydrogen) atoms. The molecule has 1 aromatic heterocycles. The Balaban J connectivity index is 0.00000150. The van der Waals surface area contributed by atoms with Gasteiger partial charge >= 0.3 is 0 Å². The van der Waals surface area contributed by atoms with Crippen LogP contribution in [-0.2, 0) is 9.59 Å². The minimum atomic E-state index is -0.181. The number of carbonyl (C=O) groups is 2. The van der Waals surface area contributed by atoms with Gasteiger partial charge in [0.2, 0.25) is 11.8 Å². The third-order valence-corrected chi connectivity index (χ3v) is 6.78. The van der Waals surface area contributed by atoms with Gasteiger partial charge < -0.3 is 15.5 Å². The van der Waals surface area contributed by atoms with Crippen molar-refractivity contribution in [2.24, 2.45) is 17.3 Å². The summed E-state index contributed by atoms with van der Waals surface area (Å²) >= 11 is 0. The Labute approximate surface area is 185 Å². The van der Waals surface area contributed by atoms with E-state index in [0.717, 1.165) is 44.3 Å². The SMILES string of the molecule is Cc1ccc(NC(=O)C2CCN(C(=O)[C@@]34CCCC[C@H]3CNC4)CC2)nc1.Cl.Cl. The van der Waals surface area contributed by atoms with E-state index < -0.39 is 0 Å². The molecule has 0 aromatic carbocycles. The maximum atomic E-state index is 13.3. The summed E-state index contributed by atoms with van der Waals surface area (Å²) in [5.74, 6) is 1.40. The molecular formula is C21H32Cl2N4O2. The lowest BCUT2D eigenvalue weighted by Crippen LogP contribution is -2.52. The zero-order valence-corrected chi connectivity index (χ0v) is 18.6. The number of aryl methyl sites for hydroxylation is 1. The van der Waals surface area contributed by atoms with Crippen LogP contribution in [0.25, 0.3) is 0 Å². The molecule has 2 N–H and O–H groups in total. The summed E-state index contributed by atoms with van der Waals surface area (Å²) in [7, 11) is 0. The van der Waals surface area contributed by atoms with Gasteiger partial charge in [0.1, 0.15) is 5.82 Å². The Bertz CT molecular complexity index is 707. The van der Waals surface area contributed by atoms with E-state index in [9.17, 15) is 9.59 Å². The van der Waals surface area contributed by atoms with Crippen LogP contribution in [0.4, 0.5) is 5.82 Å². The number of nitrogens with zero attached hydrogens (tertiary/aromatic N) is 2. The van der Waals surface area contributed by atoms with Crippen molar-refractivity contribution in [1.82, 2.24) is 15.2 Å². The number of likely N-dealkylation sites (tertiary alicyclic amines) is 1. The van der Waals surface area contributed by atoms with Crippen molar-refractivity contribution in [3.63, 3.8) is 0 Å². The highest BCUT2D eigenvalue weighted by Gasteiger charge is 2.51. The summed E-state index contributed by atoms with van der Waals surface area (Å²) in [6.07, 6.45) is 7.81. The second-order valence-electron chi connectivity index (χ2n) is 8.51. The Morgan fingerprint density at radius 3 is 2.62 bits per heavy atom. The number of carbonyl (C=O) groups excluding carboxylic acids is 2. The number of pyridine rings is 1. The van der Waals surface area contributed by atoms with Crippen molar-refractivity contribution >= 4 is 42.4 Å². The third kappa shape index (κ3) is 4.86. The van der Waals surface area contributed by atoms with Crippen LogP contribution in [0.1, 0.15) is 44.1 Å². The van der Waals surface area contributed by atoms with Gasteiger partial charge in [-0.1, -0.05) is 18.9 Å². The molecule has 2 atom stereocenters. The van der Waals surface area contributed by atoms with Gasteiger partial charge in [0.25, 0.3) is 0 Å². The zero-order valence-electron chi connectivity index (χ0n) is 17.0.